The fraction of sp³-hybridized carbons (Fsp3) is 0.409. The second kappa shape index (κ2) is 9.02. The van der Waals surface area contributed by atoms with Crippen LogP contribution in [0.2, 0.25) is 0 Å². The van der Waals surface area contributed by atoms with Gasteiger partial charge in [-0.1, -0.05) is 0 Å². The molecule has 172 valence electrons. The summed E-state index contributed by atoms with van der Waals surface area (Å²) in [6, 6.07) is 3.59. The second-order valence-electron chi connectivity index (χ2n) is 8.45. The van der Waals surface area contributed by atoms with E-state index >= 15 is 0 Å². The lowest BCUT2D eigenvalue weighted by Crippen LogP contribution is -2.18. The zero-order valence-electron chi connectivity index (χ0n) is 18.0. The van der Waals surface area contributed by atoms with Crippen LogP contribution in [-0.2, 0) is 11.3 Å². The van der Waals surface area contributed by atoms with Crippen LogP contribution in [0.1, 0.15) is 40.2 Å². The highest BCUT2D eigenvalue weighted by Gasteiger charge is 2.23. The molecule has 1 atom stereocenters. The van der Waals surface area contributed by atoms with Crippen molar-refractivity contribution in [3.63, 3.8) is 0 Å². The lowest BCUT2D eigenvalue weighted by atomic mass is 10.1. The SMILES string of the molecule is NC(=O)c1nn(C[C@@H]2CCOC2)cc1NC(=O)c1coc(-c2ccnc(NCC3CC3)c2)n1. The smallest absolute Gasteiger partial charge is 0.277 e. The molecule has 0 unspecified atom stereocenters. The van der Waals surface area contributed by atoms with Crippen molar-refractivity contribution in [3.8, 4) is 11.5 Å². The van der Waals surface area contributed by atoms with Crippen LogP contribution in [0, 0.1) is 11.8 Å². The molecule has 1 aliphatic carbocycles. The molecule has 1 saturated carbocycles. The molecular formula is C22H25N7O4. The molecule has 33 heavy (non-hydrogen) atoms. The van der Waals surface area contributed by atoms with E-state index in [-0.39, 0.29) is 17.1 Å². The Kier molecular flexibility index (Phi) is 5.78. The molecule has 11 heteroatoms. The number of carbonyl (C=O) groups is 2. The van der Waals surface area contributed by atoms with Crippen molar-refractivity contribution >= 4 is 23.3 Å². The summed E-state index contributed by atoms with van der Waals surface area (Å²) in [7, 11) is 0. The number of carbonyl (C=O) groups excluding carboxylic acids is 2. The lowest BCUT2D eigenvalue weighted by Gasteiger charge is -2.06. The van der Waals surface area contributed by atoms with E-state index < -0.39 is 11.8 Å². The van der Waals surface area contributed by atoms with Crippen molar-refractivity contribution in [2.45, 2.75) is 25.8 Å². The Morgan fingerprint density at radius 3 is 2.88 bits per heavy atom. The predicted octanol–water partition coefficient (Wildman–Crippen LogP) is 2.14. The molecule has 1 aliphatic heterocycles. The summed E-state index contributed by atoms with van der Waals surface area (Å²) in [5.74, 6) is 0.789. The minimum atomic E-state index is -0.726. The molecule has 2 fully saturated rings. The van der Waals surface area contributed by atoms with Gasteiger partial charge >= 0.3 is 0 Å². The summed E-state index contributed by atoms with van der Waals surface area (Å²) in [5, 5.41) is 10.2. The van der Waals surface area contributed by atoms with E-state index in [0.29, 0.717) is 43.0 Å². The van der Waals surface area contributed by atoms with Gasteiger partial charge in [-0.15, -0.1) is 0 Å². The Bertz CT molecular complexity index is 1160. The zero-order chi connectivity index (χ0) is 22.8. The average Bonchev–Trinajstić information content (AvgIpc) is 3.19. The van der Waals surface area contributed by atoms with Crippen LogP contribution in [0.4, 0.5) is 11.5 Å². The Labute approximate surface area is 189 Å². The largest absolute Gasteiger partial charge is 0.444 e. The molecule has 2 aliphatic rings. The minimum absolute atomic E-state index is 0.00787. The Hall–Kier alpha value is -3.73. The van der Waals surface area contributed by atoms with Gasteiger partial charge in [0.15, 0.2) is 11.4 Å². The third-order valence-corrected chi connectivity index (χ3v) is 5.73. The molecule has 5 rings (SSSR count). The van der Waals surface area contributed by atoms with E-state index in [0.717, 1.165) is 18.8 Å². The van der Waals surface area contributed by atoms with Crippen molar-refractivity contribution in [1.82, 2.24) is 19.7 Å². The first kappa shape index (κ1) is 21.1. The summed E-state index contributed by atoms with van der Waals surface area (Å²) in [6.45, 7) is 2.81. The maximum atomic E-state index is 12.8. The second-order valence-corrected chi connectivity index (χ2v) is 8.45. The summed E-state index contributed by atoms with van der Waals surface area (Å²) < 4.78 is 12.5. The lowest BCUT2D eigenvalue weighted by molar-refractivity contribution is 0.0995. The molecule has 11 nitrogen and oxygen atoms in total. The molecule has 2 amide bonds. The quantitative estimate of drug-likeness (QED) is 0.448. The molecule has 0 radical (unpaired) electrons. The number of ether oxygens (including phenoxy) is 1. The van der Waals surface area contributed by atoms with E-state index in [9.17, 15) is 9.59 Å². The number of primary amides is 1. The van der Waals surface area contributed by atoms with Crippen LogP contribution in [0.5, 0.6) is 0 Å². The van der Waals surface area contributed by atoms with Crippen LogP contribution < -0.4 is 16.4 Å². The van der Waals surface area contributed by atoms with Crippen molar-refractivity contribution in [2.24, 2.45) is 17.6 Å². The van der Waals surface area contributed by atoms with E-state index in [2.05, 4.69) is 25.7 Å². The molecule has 1 saturated heterocycles. The maximum Gasteiger partial charge on any atom is 0.277 e. The average molecular weight is 451 g/mol. The Balaban J connectivity index is 1.28. The van der Waals surface area contributed by atoms with Crippen LogP contribution >= 0.6 is 0 Å². The molecule has 0 spiro atoms. The molecule has 4 N–H and O–H groups in total. The molecule has 3 aromatic rings. The van der Waals surface area contributed by atoms with Gasteiger partial charge < -0.3 is 25.5 Å². The number of oxazole rings is 1. The fourth-order valence-corrected chi connectivity index (χ4v) is 3.71. The molecule has 3 aromatic heterocycles. The van der Waals surface area contributed by atoms with Crippen molar-refractivity contribution in [2.75, 3.05) is 30.4 Å². The van der Waals surface area contributed by atoms with Gasteiger partial charge in [0, 0.05) is 43.6 Å². The fourth-order valence-electron chi connectivity index (χ4n) is 3.71. The third kappa shape index (κ3) is 5.03. The first-order valence-electron chi connectivity index (χ1n) is 11.0. The van der Waals surface area contributed by atoms with Gasteiger partial charge in [-0.25, -0.2) is 9.97 Å². The van der Waals surface area contributed by atoms with Crippen LogP contribution in [0.25, 0.3) is 11.5 Å². The highest BCUT2D eigenvalue weighted by atomic mass is 16.5. The monoisotopic (exact) mass is 451 g/mol. The molecule has 4 heterocycles. The highest BCUT2D eigenvalue weighted by molar-refractivity contribution is 6.07. The number of aromatic nitrogens is 4. The normalized spacial score (nSPS) is 17.8. The topological polar surface area (TPSA) is 150 Å². The van der Waals surface area contributed by atoms with Crippen LogP contribution in [0.3, 0.4) is 0 Å². The third-order valence-electron chi connectivity index (χ3n) is 5.73. The Morgan fingerprint density at radius 1 is 1.24 bits per heavy atom. The van der Waals surface area contributed by atoms with Gasteiger partial charge in [0.1, 0.15) is 12.1 Å². The number of hydrogen-bond acceptors (Lipinski definition) is 8. The van der Waals surface area contributed by atoms with Crippen LogP contribution in [0.15, 0.2) is 35.2 Å². The standard InChI is InChI=1S/C22H25N7O4/c23-20(30)19-16(10-29(28-19)9-14-4-6-32-11-14)26-21(31)17-12-33-22(27-17)15-3-5-24-18(7-15)25-8-13-1-2-13/h3,5,7,10,12-14H,1-2,4,6,8-9,11H2,(H2,23,30)(H,24,25)(H,26,31)/t14-/m0/s1. The summed E-state index contributed by atoms with van der Waals surface area (Å²) in [4.78, 5) is 33.2. The van der Waals surface area contributed by atoms with Crippen molar-refractivity contribution in [1.29, 1.82) is 0 Å². The highest BCUT2D eigenvalue weighted by Crippen LogP contribution is 2.29. The van der Waals surface area contributed by atoms with E-state index in [1.807, 2.05) is 6.07 Å². The van der Waals surface area contributed by atoms with Gasteiger partial charge in [0.25, 0.3) is 11.8 Å². The summed E-state index contributed by atoms with van der Waals surface area (Å²) in [6.07, 6.45) is 7.94. The maximum absolute atomic E-state index is 12.8. The molecule has 0 aromatic carbocycles. The van der Waals surface area contributed by atoms with Gasteiger partial charge in [-0.05, 0) is 37.3 Å². The van der Waals surface area contributed by atoms with Crippen molar-refractivity contribution < 1.29 is 18.7 Å². The van der Waals surface area contributed by atoms with Gasteiger partial charge in [0.05, 0.1) is 12.3 Å². The Morgan fingerprint density at radius 2 is 2.12 bits per heavy atom. The van der Waals surface area contributed by atoms with E-state index in [1.165, 1.54) is 19.1 Å². The minimum Gasteiger partial charge on any atom is -0.444 e. The van der Waals surface area contributed by atoms with E-state index in [4.69, 9.17) is 14.9 Å². The predicted molar refractivity (Wildman–Crippen MR) is 119 cm³/mol. The zero-order valence-corrected chi connectivity index (χ0v) is 18.0. The number of pyridine rings is 1. The summed E-state index contributed by atoms with van der Waals surface area (Å²) in [5.41, 5.74) is 6.45. The number of rotatable bonds is 9. The number of nitrogens with two attached hydrogens (primary N) is 1. The van der Waals surface area contributed by atoms with Gasteiger partial charge in [-0.2, -0.15) is 5.10 Å². The molecular weight excluding hydrogens is 426 g/mol. The van der Waals surface area contributed by atoms with E-state index in [1.54, 1.807) is 23.1 Å². The number of nitrogens with one attached hydrogen (secondary N) is 2. The van der Waals surface area contributed by atoms with Crippen molar-refractivity contribution in [3.05, 3.63) is 42.2 Å². The number of nitrogens with zero attached hydrogens (tertiary/aromatic N) is 4. The van der Waals surface area contributed by atoms with Gasteiger partial charge in [-0.3, -0.25) is 14.3 Å². The molecule has 0 bridgehead atoms. The number of hydrogen-bond donors (Lipinski definition) is 3. The van der Waals surface area contributed by atoms with Crippen LogP contribution in [-0.4, -0.2) is 51.3 Å². The first-order valence-corrected chi connectivity index (χ1v) is 11.0. The van der Waals surface area contributed by atoms with Gasteiger partial charge in [0.2, 0.25) is 5.89 Å². The summed E-state index contributed by atoms with van der Waals surface area (Å²) >= 11 is 0. The first-order chi connectivity index (χ1) is 16.0. The number of anilines is 2. The number of amides is 2.